The lowest BCUT2D eigenvalue weighted by molar-refractivity contribution is -0.371. The van der Waals surface area contributed by atoms with Gasteiger partial charge in [-0.2, -0.15) is 0 Å². The standard InChI is InChI=1S/C51H80O19/c1-12-23(3)45(58)67-42-35-31(51(60)19-17-30(25(5)53)50(51,9)44(42)70-46(59)24(4)13-2)15-14-28-20-29(16-18-49(28,35)8)65-34-21-32(61-10)40(26(6)63-34)68-48-39(57)43(62-11)41(27(7)64-48)69-47-38(56)37(55)36(54)33(22-52)66-47/h12-13,26-44,47-48,52,54-57,60H,14-22H2,1-11H3/b23-12+,24-13+/t26?,27?,28-,29-,30+,31+,32+,33?,34-,35+,36+,37-,38?,39?,40+,41+,42-,43+,44+,47-,48-,49-,50-,51-/m0/s1. The molecule has 7 fully saturated rings. The van der Waals surface area contributed by atoms with Gasteiger partial charge in [0.15, 0.2) is 18.9 Å². The SMILES string of the molecule is C/C=C(\C)C(=O)O[C@H]1[C@H]2[C@@H](CC[C@H]3C[C@@H](O[C@H]4C[C@@H](OC)[C@H](O[C@@H]5OC(C)[C@@H](O[C@@H]6OC(CO)[C@@H](O)[C@H](O)C6O)[C@H](OC)C5O)C(C)O4)CC[C@@]32C)[C@@]2(O)CC[C@H](C(C)=O)[C@@]2(C)[C@@H]1OC(=O)/C(C)=C/C. The first kappa shape index (κ1) is 55.3. The zero-order chi connectivity index (χ0) is 51.4. The second kappa shape index (κ2) is 21.8. The van der Waals surface area contributed by atoms with E-state index < -0.39 is 145 Å². The number of fused-ring (bicyclic) bond motifs is 5. The quantitative estimate of drug-likeness (QED) is 0.0830. The maximum atomic E-state index is 13.9. The van der Waals surface area contributed by atoms with Crippen molar-refractivity contribution < 1.29 is 92.4 Å². The lowest BCUT2D eigenvalue weighted by atomic mass is 9.41. The Labute approximate surface area is 411 Å². The fourth-order valence-electron chi connectivity index (χ4n) is 13.7. The fraction of sp³-hybridized carbons (Fsp3) is 0.863. The molecule has 0 amide bonds. The largest absolute Gasteiger partial charge is 0.455 e. The van der Waals surface area contributed by atoms with Crippen molar-refractivity contribution in [2.45, 2.75) is 224 Å². The molecule has 19 heteroatoms. The molecule has 4 aliphatic carbocycles. The summed E-state index contributed by atoms with van der Waals surface area (Å²) in [6.45, 7) is 15.2. The van der Waals surface area contributed by atoms with Gasteiger partial charge in [-0.1, -0.05) is 26.0 Å². The van der Waals surface area contributed by atoms with Crippen LogP contribution < -0.4 is 0 Å². The van der Waals surface area contributed by atoms with Crippen LogP contribution in [0.15, 0.2) is 23.3 Å². The summed E-state index contributed by atoms with van der Waals surface area (Å²) in [5.41, 5.74) is -2.34. The monoisotopic (exact) mass is 997 g/mol. The van der Waals surface area contributed by atoms with Crippen LogP contribution in [-0.2, 0) is 61.8 Å². The Morgan fingerprint density at radius 1 is 0.686 bits per heavy atom. The van der Waals surface area contributed by atoms with E-state index in [1.54, 1.807) is 53.9 Å². The summed E-state index contributed by atoms with van der Waals surface area (Å²) < 4.78 is 62.0. The number of aliphatic hydroxyl groups excluding tert-OH is 5. The van der Waals surface area contributed by atoms with E-state index in [1.165, 1.54) is 14.0 Å². The van der Waals surface area contributed by atoms with Crippen molar-refractivity contribution in [1.82, 2.24) is 0 Å². The van der Waals surface area contributed by atoms with Gasteiger partial charge in [-0.15, -0.1) is 0 Å². The molecule has 0 aromatic heterocycles. The molecule has 3 aliphatic heterocycles. The Hall–Kier alpha value is -2.47. The molecule has 24 atom stereocenters. The molecule has 70 heavy (non-hydrogen) atoms. The van der Waals surface area contributed by atoms with Gasteiger partial charge < -0.3 is 78.0 Å². The number of hydrogen-bond acceptors (Lipinski definition) is 19. The third kappa shape index (κ3) is 9.72. The summed E-state index contributed by atoms with van der Waals surface area (Å²) >= 11 is 0. The number of allylic oxidation sites excluding steroid dienone is 2. The number of Topliss-reactive ketones (excluding diaryl/α,β-unsaturated/α-hetero) is 1. The van der Waals surface area contributed by atoms with Gasteiger partial charge in [0.25, 0.3) is 0 Å². The summed E-state index contributed by atoms with van der Waals surface area (Å²) in [6, 6.07) is 0. The van der Waals surface area contributed by atoms with Crippen molar-refractivity contribution in [2.24, 2.45) is 34.5 Å². The van der Waals surface area contributed by atoms with Gasteiger partial charge in [0.05, 0.1) is 36.6 Å². The first-order chi connectivity index (χ1) is 33.0. The van der Waals surface area contributed by atoms with Crippen molar-refractivity contribution in [1.29, 1.82) is 0 Å². The number of rotatable bonds is 14. The Bertz CT molecular complexity index is 1930. The van der Waals surface area contributed by atoms with Gasteiger partial charge in [0.2, 0.25) is 0 Å². The van der Waals surface area contributed by atoms with E-state index in [0.29, 0.717) is 49.7 Å². The van der Waals surface area contributed by atoms with E-state index in [2.05, 4.69) is 6.92 Å². The molecular weight excluding hydrogens is 917 g/mol. The maximum Gasteiger partial charge on any atom is 0.333 e. The highest BCUT2D eigenvalue weighted by atomic mass is 16.8. The van der Waals surface area contributed by atoms with Gasteiger partial charge in [-0.05, 0) is 111 Å². The number of carbonyl (C=O) groups is 3. The second-order valence-corrected chi connectivity index (χ2v) is 21.6. The second-order valence-electron chi connectivity index (χ2n) is 21.6. The Morgan fingerprint density at radius 2 is 1.31 bits per heavy atom. The summed E-state index contributed by atoms with van der Waals surface area (Å²) in [7, 11) is 2.92. The topological polar surface area (TPSA) is 265 Å². The predicted octanol–water partition coefficient (Wildman–Crippen LogP) is 2.55. The Kier molecular flexibility index (Phi) is 17.2. The molecule has 7 aliphatic rings. The van der Waals surface area contributed by atoms with E-state index >= 15 is 0 Å². The number of aliphatic hydroxyl groups is 6. The smallest absolute Gasteiger partial charge is 0.333 e. The molecule has 0 bridgehead atoms. The highest BCUT2D eigenvalue weighted by Crippen LogP contribution is 2.70. The van der Waals surface area contributed by atoms with E-state index in [-0.39, 0.29) is 30.1 Å². The molecule has 19 nitrogen and oxygen atoms in total. The minimum Gasteiger partial charge on any atom is -0.455 e. The fourth-order valence-corrected chi connectivity index (χ4v) is 13.7. The minimum absolute atomic E-state index is 0.0626. The first-order valence-electron chi connectivity index (χ1n) is 25.3. The van der Waals surface area contributed by atoms with Crippen LogP contribution in [0.2, 0.25) is 0 Å². The van der Waals surface area contributed by atoms with E-state index in [1.807, 2.05) is 13.8 Å². The van der Waals surface area contributed by atoms with E-state index in [9.17, 15) is 45.0 Å². The number of ether oxygens (including phenoxy) is 10. The number of carbonyl (C=O) groups excluding carboxylic acids is 3. The summed E-state index contributed by atoms with van der Waals surface area (Å²) in [6.07, 6.45) is -10.3. The Balaban J connectivity index is 1.05. The minimum atomic E-state index is -1.67. The lowest BCUT2D eigenvalue weighted by Gasteiger charge is -2.66. The van der Waals surface area contributed by atoms with Crippen molar-refractivity contribution in [2.75, 3.05) is 20.8 Å². The highest BCUT2D eigenvalue weighted by Gasteiger charge is 2.76. The molecule has 6 N–H and O–H groups in total. The van der Waals surface area contributed by atoms with E-state index in [0.717, 1.165) is 6.42 Å². The molecule has 0 aromatic rings. The van der Waals surface area contributed by atoms with Crippen molar-refractivity contribution in [3.63, 3.8) is 0 Å². The third-order valence-corrected chi connectivity index (χ3v) is 18.0. The van der Waals surface area contributed by atoms with Crippen LogP contribution >= 0.6 is 0 Å². The zero-order valence-electron chi connectivity index (χ0n) is 42.6. The Morgan fingerprint density at radius 3 is 1.93 bits per heavy atom. The van der Waals surface area contributed by atoms with Crippen LogP contribution in [-0.4, -0.2) is 179 Å². The van der Waals surface area contributed by atoms with Crippen LogP contribution in [0, 0.1) is 34.5 Å². The average Bonchev–Trinajstić information content (AvgIpc) is 3.62. The molecule has 3 saturated heterocycles. The number of esters is 2. The normalized spacial score (nSPS) is 48.7. The van der Waals surface area contributed by atoms with Gasteiger partial charge in [-0.3, -0.25) is 4.79 Å². The lowest BCUT2D eigenvalue weighted by Crippen LogP contribution is -2.73. The molecule has 5 unspecified atom stereocenters. The molecule has 0 radical (unpaired) electrons. The van der Waals surface area contributed by atoms with Crippen LogP contribution in [0.3, 0.4) is 0 Å². The summed E-state index contributed by atoms with van der Waals surface area (Å²) in [4.78, 5) is 41.1. The third-order valence-electron chi connectivity index (χ3n) is 18.0. The molecule has 7 rings (SSSR count). The van der Waals surface area contributed by atoms with Crippen LogP contribution in [0.25, 0.3) is 0 Å². The van der Waals surface area contributed by atoms with Crippen molar-refractivity contribution >= 4 is 17.7 Å². The molecule has 0 spiro atoms. The zero-order valence-corrected chi connectivity index (χ0v) is 42.6. The van der Waals surface area contributed by atoms with Crippen LogP contribution in [0.1, 0.15) is 114 Å². The van der Waals surface area contributed by atoms with Crippen molar-refractivity contribution in [3.05, 3.63) is 23.3 Å². The van der Waals surface area contributed by atoms with Gasteiger partial charge in [-0.25, -0.2) is 9.59 Å². The van der Waals surface area contributed by atoms with Gasteiger partial charge >= 0.3 is 11.9 Å². The summed E-state index contributed by atoms with van der Waals surface area (Å²) in [5.74, 6) is -2.55. The van der Waals surface area contributed by atoms with Crippen molar-refractivity contribution in [3.8, 4) is 0 Å². The number of ketones is 1. The van der Waals surface area contributed by atoms with Gasteiger partial charge in [0, 0.05) is 49.0 Å². The molecule has 398 valence electrons. The van der Waals surface area contributed by atoms with Crippen LogP contribution in [0.4, 0.5) is 0 Å². The van der Waals surface area contributed by atoms with E-state index in [4.69, 9.17) is 47.4 Å². The maximum absolute atomic E-state index is 13.9. The highest BCUT2D eigenvalue weighted by molar-refractivity contribution is 5.89. The predicted molar refractivity (Wildman–Crippen MR) is 246 cm³/mol. The molecule has 3 heterocycles. The molecule has 0 aromatic carbocycles. The first-order valence-corrected chi connectivity index (χ1v) is 25.3. The molecular formula is C51H80O19. The van der Waals surface area contributed by atoms with Crippen LogP contribution in [0.5, 0.6) is 0 Å². The molecule has 4 saturated carbocycles. The number of methoxy groups -OCH3 is 2. The summed E-state index contributed by atoms with van der Waals surface area (Å²) in [5, 5.41) is 65.6. The van der Waals surface area contributed by atoms with Gasteiger partial charge in [0.1, 0.15) is 66.8 Å². The number of hydrogen-bond donors (Lipinski definition) is 6. The average molecular weight is 997 g/mol.